The van der Waals surface area contributed by atoms with Gasteiger partial charge in [-0.15, -0.1) is 5.54 Å². The molecule has 0 N–H and O–H groups in total. The van der Waals surface area contributed by atoms with E-state index in [2.05, 4.69) is 36.1 Å². The van der Waals surface area contributed by atoms with E-state index < -0.39 is 18.2 Å². The van der Waals surface area contributed by atoms with Crippen LogP contribution >= 0.6 is 0 Å². The molecule has 0 bridgehead atoms. The van der Waals surface area contributed by atoms with Gasteiger partial charge >= 0.3 is 0 Å². The van der Waals surface area contributed by atoms with Gasteiger partial charge in [0.05, 0.1) is 18.4 Å². The molecule has 2 aromatic rings. The molecule has 6 heteroatoms. The largest absolute Gasteiger partial charge is 0.265 e. The summed E-state index contributed by atoms with van der Waals surface area (Å²) in [6.45, 7) is 6.43. The number of para-hydroxylation sites is 1. The Morgan fingerprint density at radius 2 is 1.91 bits per heavy atom. The molecule has 1 aromatic carbocycles. The van der Waals surface area contributed by atoms with E-state index in [-0.39, 0.29) is 6.61 Å². The standard InChI is InChI=1S/C16H19NO3SSi/c1-21(18,19)20-12-15-13(9-10-22(2,3)4)11-17-16-8-6-5-7-14(15)16/h5-8,11H,12H2,1-4H3. The minimum atomic E-state index is -3.51. The van der Waals surface area contributed by atoms with Crippen LogP contribution in [0.15, 0.2) is 30.5 Å². The molecule has 22 heavy (non-hydrogen) atoms. The Labute approximate surface area is 132 Å². The van der Waals surface area contributed by atoms with Gasteiger partial charge in [0.2, 0.25) is 0 Å². The highest BCUT2D eigenvalue weighted by Crippen LogP contribution is 2.21. The van der Waals surface area contributed by atoms with Crippen LogP contribution in [0.1, 0.15) is 11.1 Å². The van der Waals surface area contributed by atoms with Gasteiger partial charge in [-0.2, -0.15) is 8.42 Å². The molecule has 4 nitrogen and oxygen atoms in total. The number of fused-ring (bicyclic) bond motifs is 1. The lowest BCUT2D eigenvalue weighted by molar-refractivity contribution is 0.312. The molecular weight excluding hydrogens is 314 g/mol. The molecule has 0 atom stereocenters. The summed E-state index contributed by atoms with van der Waals surface area (Å²) in [6.07, 6.45) is 2.74. The molecule has 0 radical (unpaired) electrons. The van der Waals surface area contributed by atoms with Crippen molar-refractivity contribution in [3.05, 3.63) is 41.6 Å². The number of benzene rings is 1. The van der Waals surface area contributed by atoms with Crippen LogP contribution in [-0.4, -0.2) is 27.7 Å². The lowest BCUT2D eigenvalue weighted by Crippen LogP contribution is -2.16. The summed E-state index contributed by atoms with van der Waals surface area (Å²) >= 11 is 0. The van der Waals surface area contributed by atoms with E-state index in [4.69, 9.17) is 4.18 Å². The first-order valence-corrected chi connectivity index (χ1v) is 12.2. The first-order valence-electron chi connectivity index (χ1n) is 6.90. The highest BCUT2D eigenvalue weighted by atomic mass is 32.2. The van der Waals surface area contributed by atoms with Crippen LogP contribution in [0.25, 0.3) is 10.9 Å². The topological polar surface area (TPSA) is 56.3 Å². The van der Waals surface area contributed by atoms with E-state index in [1.807, 2.05) is 24.3 Å². The average molecular weight is 333 g/mol. The van der Waals surface area contributed by atoms with Crippen molar-refractivity contribution in [1.82, 2.24) is 4.98 Å². The highest BCUT2D eigenvalue weighted by molar-refractivity contribution is 7.85. The molecule has 116 valence electrons. The molecule has 1 aromatic heterocycles. The van der Waals surface area contributed by atoms with E-state index in [9.17, 15) is 8.42 Å². The van der Waals surface area contributed by atoms with Gasteiger partial charge in [0.15, 0.2) is 0 Å². The number of hydrogen-bond donors (Lipinski definition) is 0. The molecule has 0 spiro atoms. The van der Waals surface area contributed by atoms with Gasteiger partial charge in [0.25, 0.3) is 10.1 Å². The van der Waals surface area contributed by atoms with Gasteiger partial charge in [-0.05, 0) is 6.07 Å². The van der Waals surface area contributed by atoms with Gasteiger partial charge in [-0.1, -0.05) is 43.8 Å². The van der Waals surface area contributed by atoms with Crippen molar-refractivity contribution in [2.24, 2.45) is 0 Å². The molecule has 1 heterocycles. The van der Waals surface area contributed by atoms with Gasteiger partial charge < -0.3 is 0 Å². The van der Waals surface area contributed by atoms with Crippen LogP contribution in [0.3, 0.4) is 0 Å². The number of nitrogens with zero attached hydrogens (tertiary/aromatic N) is 1. The maximum Gasteiger partial charge on any atom is 0.264 e. The van der Waals surface area contributed by atoms with E-state index in [1.54, 1.807) is 6.20 Å². The summed E-state index contributed by atoms with van der Waals surface area (Å²) in [6, 6.07) is 7.58. The first-order chi connectivity index (χ1) is 10.2. The SMILES string of the molecule is C[Si](C)(C)C#Cc1cnc2ccccc2c1COS(C)(=O)=O. The molecule has 0 fully saturated rings. The zero-order chi connectivity index (χ0) is 16.4. The molecule has 0 aliphatic carbocycles. The van der Waals surface area contributed by atoms with Crippen LogP contribution in [0, 0.1) is 11.5 Å². The van der Waals surface area contributed by atoms with Crippen LogP contribution in [0.5, 0.6) is 0 Å². The van der Waals surface area contributed by atoms with Gasteiger partial charge in [-0.25, -0.2) is 0 Å². The van der Waals surface area contributed by atoms with Crippen LogP contribution in [0.4, 0.5) is 0 Å². The second kappa shape index (κ2) is 6.21. The highest BCUT2D eigenvalue weighted by Gasteiger charge is 2.12. The lowest BCUT2D eigenvalue weighted by Gasteiger charge is -2.10. The van der Waals surface area contributed by atoms with E-state index in [0.29, 0.717) is 0 Å². The van der Waals surface area contributed by atoms with E-state index >= 15 is 0 Å². The predicted molar refractivity (Wildman–Crippen MR) is 91.6 cm³/mol. The third-order valence-electron chi connectivity index (χ3n) is 2.88. The number of hydrogen-bond acceptors (Lipinski definition) is 4. The summed E-state index contributed by atoms with van der Waals surface area (Å²) in [5, 5.41) is 0.869. The number of aromatic nitrogens is 1. The Morgan fingerprint density at radius 1 is 1.23 bits per heavy atom. The molecule has 0 saturated heterocycles. The number of pyridine rings is 1. The molecule has 0 aliphatic heterocycles. The van der Waals surface area contributed by atoms with Gasteiger partial charge in [0.1, 0.15) is 8.07 Å². The van der Waals surface area contributed by atoms with E-state index in [0.717, 1.165) is 28.3 Å². The van der Waals surface area contributed by atoms with Gasteiger partial charge in [-0.3, -0.25) is 9.17 Å². The van der Waals surface area contributed by atoms with Crippen LogP contribution in [-0.2, 0) is 20.9 Å². The predicted octanol–water partition coefficient (Wildman–Crippen LogP) is 2.94. The smallest absolute Gasteiger partial charge is 0.264 e. The van der Waals surface area contributed by atoms with Crippen LogP contribution in [0.2, 0.25) is 19.6 Å². The van der Waals surface area contributed by atoms with Crippen molar-refractivity contribution in [2.75, 3.05) is 6.26 Å². The summed E-state index contributed by atoms with van der Waals surface area (Å²) in [5.74, 6) is 3.16. The van der Waals surface area contributed by atoms with Crippen LogP contribution < -0.4 is 0 Å². The molecular formula is C16H19NO3SSi. The Bertz CT molecular complexity index is 858. The number of rotatable bonds is 3. The average Bonchev–Trinajstić information content (AvgIpc) is 2.41. The maximum atomic E-state index is 11.3. The lowest BCUT2D eigenvalue weighted by atomic mass is 10.0. The minimum Gasteiger partial charge on any atom is -0.265 e. The second-order valence-electron chi connectivity index (χ2n) is 6.13. The van der Waals surface area contributed by atoms with E-state index in [1.165, 1.54) is 0 Å². The molecule has 0 amide bonds. The molecule has 2 rings (SSSR count). The summed E-state index contributed by atoms with van der Waals surface area (Å²) < 4.78 is 27.6. The Kier molecular flexibility index (Phi) is 4.71. The molecule has 0 unspecified atom stereocenters. The van der Waals surface area contributed by atoms with Gasteiger partial charge in [0, 0.05) is 22.7 Å². The summed E-state index contributed by atoms with van der Waals surface area (Å²) in [7, 11) is -5.05. The van der Waals surface area contributed by atoms with Crippen molar-refractivity contribution in [2.45, 2.75) is 26.2 Å². The Hall–Kier alpha value is -1.68. The van der Waals surface area contributed by atoms with Crippen molar-refractivity contribution in [3.63, 3.8) is 0 Å². The second-order valence-corrected chi connectivity index (χ2v) is 12.5. The fraction of sp³-hybridized carbons (Fsp3) is 0.312. The molecule has 0 aliphatic rings. The van der Waals surface area contributed by atoms with Crippen molar-refractivity contribution >= 4 is 29.1 Å². The Balaban J connectivity index is 2.57. The minimum absolute atomic E-state index is 0.0302. The maximum absolute atomic E-state index is 11.3. The zero-order valence-electron chi connectivity index (χ0n) is 13.2. The monoisotopic (exact) mass is 333 g/mol. The molecule has 0 saturated carbocycles. The fourth-order valence-electron chi connectivity index (χ4n) is 1.88. The summed E-state index contributed by atoms with van der Waals surface area (Å²) in [4.78, 5) is 4.39. The quantitative estimate of drug-likeness (QED) is 0.492. The van der Waals surface area contributed by atoms with Crippen molar-refractivity contribution in [3.8, 4) is 11.5 Å². The third-order valence-corrected chi connectivity index (χ3v) is 4.30. The van der Waals surface area contributed by atoms with Crippen molar-refractivity contribution < 1.29 is 12.6 Å². The first kappa shape index (κ1) is 16.7. The Morgan fingerprint density at radius 3 is 2.55 bits per heavy atom. The zero-order valence-corrected chi connectivity index (χ0v) is 15.0. The fourth-order valence-corrected chi connectivity index (χ4v) is 2.72. The summed E-state index contributed by atoms with van der Waals surface area (Å²) in [5.41, 5.74) is 5.58. The normalized spacial score (nSPS) is 12.0. The third kappa shape index (κ3) is 4.66. The van der Waals surface area contributed by atoms with Crippen molar-refractivity contribution in [1.29, 1.82) is 0 Å².